The topological polar surface area (TPSA) is 39.2 Å². The smallest absolute Gasteiger partial charge is 0.337 e. The van der Waals surface area contributed by atoms with Gasteiger partial charge in [-0.3, -0.25) is 0 Å². The van der Waals surface area contributed by atoms with Crippen LogP contribution in [0.1, 0.15) is 35.1 Å². The van der Waals surface area contributed by atoms with Crippen molar-refractivity contribution in [3.05, 3.63) is 28.8 Å². The number of nitrogens with zero attached hydrogens (tertiary/aromatic N) is 1. The van der Waals surface area contributed by atoms with Crippen LogP contribution >= 0.6 is 11.3 Å². The van der Waals surface area contributed by atoms with Gasteiger partial charge in [0.15, 0.2) is 0 Å². The normalized spacial score (nSPS) is 11.0. The minimum atomic E-state index is -0.319. The van der Waals surface area contributed by atoms with E-state index in [1.54, 1.807) is 23.5 Å². The number of thiazole rings is 1. The minimum Gasteiger partial charge on any atom is -0.465 e. The van der Waals surface area contributed by atoms with Crippen LogP contribution in [0.25, 0.3) is 10.2 Å². The maximum absolute atomic E-state index is 11.4. The monoisotopic (exact) mass is 235 g/mol. The Kier molecular flexibility index (Phi) is 2.92. The predicted octanol–water partition coefficient (Wildman–Crippen LogP) is 3.21. The van der Waals surface area contributed by atoms with Crippen LogP contribution in [0.2, 0.25) is 0 Å². The van der Waals surface area contributed by atoms with E-state index in [1.165, 1.54) is 7.11 Å². The summed E-state index contributed by atoms with van der Waals surface area (Å²) < 4.78 is 5.78. The second-order valence-electron chi connectivity index (χ2n) is 3.88. The molecule has 4 heteroatoms. The number of aromatic nitrogens is 1. The quantitative estimate of drug-likeness (QED) is 0.750. The average Bonchev–Trinajstić information content (AvgIpc) is 2.70. The molecule has 1 aromatic carbocycles. The van der Waals surface area contributed by atoms with E-state index in [2.05, 4.69) is 23.6 Å². The number of esters is 1. The number of carbonyl (C=O) groups excluding carboxylic acids is 1. The standard InChI is InChI=1S/C12H13NO2S/c1-7(2)11-13-9-6-8(12(14)15-3)4-5-10(9)16-11/h4-7H,1-3H3. The SMILES string of the molecule is COC(=O)c1ccc2sc(C(C)C)nc2c1. The molecular formula is C12H13NO2S. The zero-order valence-corrected chi connectivity index (χ0v) is 10.3. The van der Waals surface area contributed by atoms with Gasteiger partial charge in [0.2, 0.25) is 0 Å². The Balaban J connectivity index is 2.49. The van der Waals surface area contributed by atoms with Crippen molar-refractivity contribution in [2.24, 2.45) is 0 Å². The maximum Gasteiger partial charge on any atom is 0.337 e. The third-order valence-corrected chi connectivity index (χ3v) is 3.66. The summed E-state index contributed by atoms with van der Waals surface area (Å²) >= 11 is 1.67. The predicted molar refractivity (Wildman–Crippen MR) is 65.0 cm³/mol. The molecule has 0 spiro atoms. The van der Waals surface area contributed by atoms with Crippen molar-refractivity contribution in [3.63, 3.8) is 0 Å². The van der Waals surface area contributed by atoms with Gasteiger partial charge in [0.1, 0.15) is 0 Å². The first kappa shape index (κ1) is 11.1. The molecular weight excluding hydrogens is 222 g/mol. The number of ether oxygens (including phenoxy) is 1. The average molecular weight is 235 g/mol. The van der Waals surface area contributed by atoms with E-state index in [0.717, 1.165) is 15.2 Å². The van der Waals surface area contributed by atoms with E-state index < -0.39 is 0 Å². The molecule has 0 saturated heterocycles. The van der Waals surface area contributed by atoms with Crippen LogP contribution in [0.4, 0.5) is 0 Å². The summed E-state index contributed by atoms with van der Waals surface area (Å²) in [7, 11) is 1.38. The van der Waals surface area contributed by atoms with E-state index in [9.17, 15) is 4.79 Å². The van der Waals surface area contributed by atoms with Crippen molar-refractivity contribution in [2.45, 2.75) is 19.8 Å². The van der Waals surface area contributed by atoms with Gasteiger partial charge in [-0.05, 0) is 18.2 Å². The van der Waals surface area contributed by atoms with Gasteiger partial charge in [0.25, 0.3) is 0 Å². The Morgan fingerprint density at radius 3 is 2.81 bits per heavy atom. The second kappa shape index (κ2) is 4.22. The zero-order chi connectivity index (χ0) is 11.7. The fourth-order valence-electron chi connectivity index (χ4n) is 1.44. The molecule has 2 aromatic rings. The van der Waals surface area contributed by atoms with E-state index in [-0.39, 0.29) is 5.97 Å². The Morgan fingerprint density at radius 2 is 2.19 bits per heavy atom. The highest BCUT2D eigenvalue weighted by molar-refractivity contribution is 7.18. The number of carbonyl (C=O) groups is 1. The highest BCUT2D eigenvalue weighted by Crippen LogP contribution is 2.27. The second-order valence-corrected chi connectivity index (χ2v) is 4.94. The van der Waals surface area contributed by atoms with E-state index in [1.807, 2.05) is 6.07 Å². The molecule has 0 aliphatic rings. The van der Waals surface area contributed by atoms with Crippen molar-refractivity contribution >= 4 is 27.5 Å². The summed E-state index contributed by atoms with van der Waals surface area (Å²) in [6.07, 6.45) is 0. The number of methoxy groups -OCH3 is 1. The van der Waals surface area contributed by atoms with E-state index in [0.29, 0.717) is 11.5 Å². The molecule has 0 bridgehead atoms. The molecule has 0 saturated carbocycles. The molecule has 3 nitrogen and oxygen atoms in total. The highest BCUT2D eigenvalue weighted by atomic mass is 32.1. The first-order valence-corrected chi connectivity index (χ1v) is 5.92. The lowest BCUT2D eigenvalue weighted by molar-refractivity contribution is 0.0601. The fourth-order valence-corrected chi connectivity index (χ4v) is 2.39. The van der Waals surface area contributed by atoms with Crippen LogP contribution in [0, 0.1) is 0 Å². The Bertz CT molecular complexity index is 531. The van der Waals surface area contributed by atoms with Gasteiger partial charge in [-0.2, -0.15) is 0 Å². The van der Waals surface area contributed by atoms with Crippen molar-refractivity contribution in [2.75, 3.05) is 7.11 Å². The van der Waals surface area contributed by atoms with E-state index >= 15 is 0 Å². The van der Waals surface area contributed by atoms with Crippen LogP contribution in [-0.4, -0.2) is 18.1 Å². The molecule has 16 heavy (non-hydrogen) atoms. The first-order valence-electron chi connectivity index (χ1n) is 5.10. The summed E-state index contributed by atoms with van der Waals surface area (Å²) in [5.74, 6) is 0.0972. The molecule has 0 radical (unpaired) electrons. The number of rotatable bonds is 2. The van der Waals surface area contributed by atoms with Crippen LogP contribution in [0.5, 0.6) is 0 Å². The van der Waals surface area contributed by atoms with Gasteiger partial charge >= 0.3 is 5.97 Å². The molecule has 1 aromatic heterocycles. The molecule has 84 valence electrons. The van der Waals surface area contributed by atoms with Gasteiger partial charge in [0, 0.05) is 5.92 Å². The summed E-state index contributed by atoms with van der Waals surface area (Å²) in [6.45, 7) is 4.22. The van der Waals surface area contributed by atoms with Crippen molar-refractivity contribution in [3.8, 4) is 0 Å². The third kappa shape index (κ3) is 1.93. The molecule has 0 unspecified atom stereocenters. The molecule has 0 atom stereocenters. The molecule has 0 amide bonds. The number of fused-ring (bicyclic) bond motifs is 1. The lowest BCUT2D eigenvalue weighted by atomic mass is 10.2. The molecule has 0 aliphatic carbocycles. The molecule has 0 fully saturated rings. The molecule has 2 rings (SSSR count). The molecule has 0 N–H and O–H groups in total. The Morgan fingerprint density at radius 1 is 1.44 bits per heavy atom. The van der Waals surface area contributed by atoms with Crippen LogP contribution in [0.3, 0.4) is 0 Å². The molecule has 0 aliphatic heterocycles. The summed E-state index contributed by atoms with van der Waals surface area (Å²) in [5, 5.41) is 1.09. The fraction of sp³-hybridized carbons (Fsp3) is 0.333. The van der Waals surface area contributed by atoms with Gasteiger partial charge in [-0.15, -0.1) is 11.3 Å². The third-order valence-electron chi connectivity index (χ3n) is 2.32. The van der Waals surface area contributed by atoms with Gasteiger partial charge < -0.3 is 4.74 Å². The summed E-state index contributed by atoms with van der Waals surface area (Å²) in [4.78, 5) is 15.9. The summed E-state index contributed by atoms with van der Waals surface area (Å²) in [6, 6.07) is 5.48. The van der Waals surface area contributed by atoms with Gasteiger partial charge in [0.05, 0.1) is 27.9 Å². The minimum absolute atomic E-state index is 0.319. The van der Waals surface area contributed by atoms with Gasteiger partial charge in [-0.25, -0.2) is 9.78 Å². The maximum atomic E-state index is 11.4. The van der Waals surface area contributed by atoms with Crippen LogP contribution in [-0.2, 0) is 4.74 Å². The lowest BCUT2D eigenvalue weighted by Crippen LogP contribution is -2.00. The van der Waals surface area contributed by atoms with Crippen molar-refractivity contribution < 1.29 is 9.53 Å². The highest BCUT2D eigenvalue weighted by Gasteiger charge is 2.10. The lowest BCUT2D eigenvalue weighted by Gasteiger charge is -1.97. The van der Waals surface area contributed by atoms with E-state index in [4.69, 9.17) is 0 Å². The number of hydrogen-bond acceptors (Lipinski definition) is 4. The number of benzene rings is 1. The molecule has 1 heterocycles. The largest absolute Gasteiger partial charge is 0.465 e. The van der Waals surface area contributed by atoms with Crippen LogP contribution in [0.15, 0.2) is 18.2 Å². The van der Waals surface area contributed by atoms with Gasteiger partial charge in [-0.1, -0.05) is 13.8 Å². The first-order chi connectivity index (χ1) is 7.61. The number of hydrogen-bond donors (Lipinski definition) is 0. The zero-order valence-electron chi connectivity index (χ0n) is 9.48. The Hall–Kier alpha value is -1.42. The van der Waals surface area contributed by atoms with Crippen molar-refractivity contribution in [1.29, 1.82) is 0 Å². The van der Waals surface area contributed by atoms with Crippen LogP contribution < -0.4 is 0 Å². The van der Waals surface area contributed by atoms with Crippen molar-refractivity contribution in [1.82, 2.24) is 4.98 Å². The Labute approximate surface area is 98.1 Å². The summed E-state index contributed by atoms with van der Waals surface area (Å²) in [5.41, 5.74) is 1.42.